The van der Waals surface area contributed by atoms with Gasteiger partial charge in [-0.05, 0) is 79.3 Å². The van der Waals surface area contributed by atoms with Crippen molar-refractivity contribution in [2.24, 2.45) is 5.10 Å². The van der Waals surface area contributed by atoms with E-state index in [4.69, 9.17) is 0 Å². The molecule has 0 aliphatic heterocycles. The van der Waals surface area contributed by atoms with Gasteiger partial charge in [0.25, 0.3) is 0 Å². The van der Waals surface area contributed by atoms with E-state index in [1.54, 1.807) is 18.0 Å². The Hall–Kier alpha value is -3.57. The summed E-state index contributed by atoms with van der Waals surface area (Å²) in [4.78, 5) is 12.6. The van der Waals surface area contributed by atoms with Crippen molar-refractivity contribution in [3.63, 3.8) is 0 Å². The van der Waals surface area contributed by atoms with E-state index in [9.17, 15) is 4.79 Å². The molecule has 35 heavy (non-hydrogen) atoms. The van der Waals surface area contributed by atoms with E-state index in [1.165, 1.54) is 33.4 Å². The molecular formula is C30H29N3OS. The van der Waals surface area contributed by atoms with Crippen LogP contribution in [0.25, 0.3) is 16.8 Å². The first-order chi connectivity index (χ1) is 16.9. The van der Waals surface area contributed by atoms with Gasteiger partial charge in [0.1, 0.15) is 0 Å². The Labute approximate surface area is 211 Å². The summed E-state index contributed by atoms with van der Waals surface area (Å²) in [5.74, 6) is 0.239. The number of aryl methyl sites for hydroxylation is 3. The van der Waals surface area contributed by atoms with E-state index in [2.05, 4.69) is 116 Å². The zero-order chi connectivity index (χ0) is 24.5. The first-order valence-electron chi connectivity index (χ1n) is 11.8. The molecule has 3 aromatic carbocycles. The number of hydrogen-bond acceptors (Lipinski definition) is 3. The van der Waals surface area contributed by atoms with Crippen LogP contribution >= 0.6 is 11.8 Å². The molecule has 5 heteroatoms. The molecule has 1 aromatic heterocycles. The Balaban J connectivity index is 1.26. The van der Waals surface area contributed by atoms with Crippen LogP contribution in [0, 0.1) is 27.7 Å². The van der Waals surface area contributed by atoms with E-state index in [0.717, 1.165) is 22.6 Å². The van der Waals surface area contributed by atoms with Crippen LogP contribution in [-0.2, 0) is 4.79 Å². The van der Waals surface area contributed by atoms with E-state index in [1.807, 2.05) is 0 Å². The van der Waals surface area contributed by atoms with E-state index in [0.29, 0.717) is 5.75 Å². The van der Waals surface area contributed by atoms with Crippen molar-refractivity contribution >= 4 is 23.9 Å². The maximum atomic E-state index is 12.6. The summed E-state index contributed by atoms with van der Waals surface area (Å²) in [5.41, 5.74) is 14.6. The fourth-order valence-corrected chi connectivity index (χ4v) is 6.20. The summed E-state index contributed by atoms with van der Waals surface area (Å²) in [5, 5.41) is 4.43. The van der Waals surface area contributed by atoms with Crippen LogP contribution in [-0.4, -0.2) is 22.4 Å². The van der Waals surface area contributed by atoms with Crippen molar-refractivity contribution in [3.05, 3.63) is 112 Å². The minimum absolute atomic E-state index is 0.101. The van der Waals surface area contributed by atoms with Crippen LogP contribution < -0.4 is 5.43 Å². The summed E-state index contributed by atoms with van der Waals surface area (Å²) < 4.78 is 2.23. The molecule has 0 bridgehead atoms. The molecule has 0 saturated carbocycles. The van der Waals surface area contributed by atoms with Crippen molar-refractivity contribution in [2.45, 2.75) is 32.9 Å². The molecule has 1 heterocycles. The molecule has 1 amide bonds. The third kappa shape index (κ3) is 4.56. The van der Waals surface area contributed by atoms with Gasteiger partial charge in [0.05, 0.1) is 17.2 Å². The SMILES string of the molecule is Cc1cc(C)cc(-n2c(C)cc(/C=N\NC(=O)CSC3c4ccccc4-c4ccccc43)c2C)c1. The molecule has 0 saturated heterocycles. The first-order valence-corrected chi connectivity index (χ1v) is 12.9. The number of nitrogens with zero attached hydrogens (tertiary/aromatic N) is 2. The van der Waals surface area contributed by atoms with Crippen LogP contribution in [0.4, 0.5) is 0 Å². The number of rotatable bonds is 6. The smallest absolute Gasteiger partial charge is 0.250 e. The fraction of sp³-hybridized carbons (Fsp3) is 0.200. The number of thioether (sulfide) groups is 1. The van der Waals surface area contributed by atoms with Crippen LogP contribution in [0.2, 0.25) is 0 Å². The van der Waals surface area contributed by atoms with Crippen molar-refractivity contribution < 1.29 is 4.79 Å². The molecule has 5 rings (SSSR count). The standard InChI is InChI=1S/C30H29N3OS/c1-19-13-20(2)15-24(14-19)33-21(3)16-23(22(33)4)17-31-32-29(34)18-35-30-27-11-7-5-9-25(27)26-10-6-8-12-28(26)30/h5-17,30H,18H2,1-4H3,(H,32,34)/b31-17-. The van der Waals surface area contributed by atoms with Gasteiger partial charge in [-0.3, -0.25) is 4.79 Å². The van der Waals surface area contributed by atoms with Gasteiger partial charge in [-0.1, -0.05) is 54.6 Å². The monoisotopic (exact) mass is 479 g/mol. The molecule has 1 aliphatic rings. The normalized spacial score (nSPS) is 12.7. The summed E-state index contributed by atoms with van der Waals surface area (Å²) in [7, 11) is 0. The summed E-state index contributed by atoms with van der Waals surface area (Å²) in [6.45, 7) is 8.40. The lowest BCUT2D eigenvalue weighted by Gasteiger charge is -2.12. The van der Waals surface area contributed by atoms with Crippen LogP contribution in [0.15, 0.2) is 77.9 Å². The minimum atomic E-state index is -0.101. The lowest BCUT2D eigenvalue weighted by atomic mass is 10.1. The predicted octanol–water partition coefficient (Wildman–Crippen LogP) is 6.66. The lowest BCUT2D eigenvalue weighted by molar-refractivity contribution is -0.118. The maximum Gasteiger partial charge on any atom is 0.250 e. The van der Waals surface area contributed by atoms with Crippen LogP contribution in [0.3, 0.4) is 0 Å². The number of carbonyl (C=O) groups excluding carboxylic acids is 1. The van der Waals surface area contributed by atoms with Gasteiger partial charge < -0.3 is 4.57 Å². The quantitative estimate of drug-likeness (QED) is 0.248. The first kappa shape index (κ1) is 23.2. The molecule has 0 radical (unpaired) electrons. The molecule has 176 valence electrons. The van der Waals surface area contributed by atoms with Gasteiger partial charge in [-0.25, -0.2) is 5.43 Å². The summed E-state index contributed by atoms with van der Waals surface area (Å²) >= 11 is 1.64. The number of nitrogens with one attached hydrogen (secondary N) is 1. The minimum Gasteiger partial charge on any atom is -0.318 e. The molecule has 0 atom stereocenters. The highest BCUT2D eigenvalue weighted by molar-refractivity contribution is 8.00. The second kappa shape index (κ2) is 9.59. The predicted molar refractivity (Wildman–Crippen MR) is 147 cm³/mol. The Kier molecular flexibility index (Phi) is 6.35. The van der Waals surface area contributed by atoms with E-state index < -0.39 is 0 Å². The lowest BCUT2D eigenvalue weighted by Crippen LogP contribution is -2.20. The number of aromatic nitrogens is 1. The Morgan fingerprint density at radius 2 is 1.51 bits per heavy atom. The van der Waals surface area contributed by atoms with Gasteiger partial charge >= 0.3 is 0 Å². The Bertz CT molecular complexity index is 1380. The number of amides is 1. The highest BCUT2D eigenvalue weighted by Gasteiger charge is 2.28. The van der Waals surface area contributed by atoms with Gasteiger partial charge in [0, 0.05) is 22.6 Å². The maximum absolute atomic E-state index is 12.6. The molecule has 1 N–H and O–H groups in total. The number of benzene rings is 3. The number of carbonyl (C=O) groups is 1. The van der Waals surface area contributed by atoms with Crippen molar-refractivity contribution in [1.29, 1.82) is 0 Å². The zero-order valence-electron chi connectivity index (χ0n) is 20.5. The second-order valence-corrected chi connectivity index (χ2v) is 10.3. The second-order valence-electron chi connectivity index (χ2n) is 9.17. The number of hydrazone groups is 1. The van der Waals surface area contributed by atoms with E-state index >= 15 is 0 Å². The van der Waals surface area contributed by atoms with Crippen LogP contribution in [0.1, 0.15) is 44.5 Å². The van der Waals surface area contributed by atoms with Crippen LogP contribution in [0.5, 0.6) is 0 Å². The van der Waals surface area contributed by atoms with E-state index in [-0.39, 0.29) is 11.2 Å². The zero-order valence-corrected chi connectivity index (χ0v) is 21.3. The Morgan fingerprint density at radius 1 is 0.914 bits per heavy atom. The molecule has 4 nitrogen and oxygen atoms in total. The number of hydrogen-bond donors (Lipinski definition) is 1. The van der Waals surface area contributed by atoms with Gasteiger partial charge in [0.2, 0.25) is 5.91 Å². The van der Waals surface area contributed by atoms with Crippen molar-refractivity contribution in [2.75, 3.05) is 5.75 Å². The average molecular weight is 480 g/mol. The molecule has 0 unspecified atom stereocenters. The molecule has 4 aromatic rings. The molecular weight excluding hydrogens is 450 g/mol. The van der Waals surface area contributed by atoms with Crippen molar-refractivity contribution in [3.8, 4) is 16.8 Å². The molecule has 1 aliphatic carbocycles. The summed E-state index contributed by atoms with van der Waals surface area (Å²) in [6.07, 6.45) is 1.74. The highest BCUT2D eigenvalue weighted by atomic mass is 32.2. The van der Waals surface area contributed by atoms with Crippen molar-refractivity contribution in [1.82, 2.24) is 9.99 Å². The topological polar surface area (TPSA) is 46.4 Å². The Morgan fingerprint density at radius 3 is 2.14 bits per heavy atom. The fourth-order valence-electron chi connectivity index (χ4n) is 5.05. The third-order valence-corrected chi connectivity index (χ3v) is 7.76. The van der Waals surface area contributed by atoms with Gasteiger partial charge in [0.15, 0.2) is 0 Å². The largest absolute Gasteiger partial charge is 0.318 e. The van der Waals surface area contributed by atoms with Gasteiger partial charge in [-0.2, -0.15) is 5.10 Å². The highest BCUT2D eigenvalue weighted by Crippen LogP contribution is 2.49. The van der Waals surface area contributed by atoms with Gasteiger partial charge in [-0.15, -0.1) is 11.8 Å². The average Bonchev–Trinajstić information content (AvgIpc) is 3.30. The summed E-state index contributed by atoms with van der Waals surface area (Å²) in [6, 6.07) is 25.6. The molecule has 0 spiro atoms. The number of fused-ring (bicyclic) bond motifs is 3. The molecule has 0 fully saturated rings. The third-order valence-electron chi connectivity index (χ3n) is 6.49.